The van der Waals surface area contributed by atoms with Crippen molar-refractivity contribution in [2.45, 2.75) is 26.8 Å². The minimum absolute atomic E-state index is 0.0752. The van der Waals surface area contributed by atoms with Gasteiger partial charge in [-0.05, 0) is 57.5 Å². The normalized spacial score (nSPS) is 17.2. The Hall–Kier alpha value is -2.11. The highest BCUT2D eigenvalue weighted by molar-refractivity contribution is 6.31. The van der Waals surface area contributed by atoms with Crippen molar-refractivity contribution in [2.75, 3.05) is 26.7 Å². The molecule has 0 radical (unpaired) electrons. The third-order valence-corrected chi connectivity index (χ3v) is 5.57. The van der Waals surface area contributed by atoms with Crippen molar-refractivity contribution in [3.8, 4) is 0 Å². The molecule has 0 spiro atoms. The largest absolute Gasteiger partial charge is 0.339 e. The molecule has 3 rings (SSSR count). The van der Waals surface area contributed by atoms with Crippen molar-refractivity contribution in [3.05, 3.63) is 57.9 Å². The standard InChI is InChI=1S/C21H27ClN4O/c1-15-19(8-9-21(27)25-11-10-17(13-25)12-23-3)16(2)26(24-15)14-18-6-4-5-7-20(18)22/h4-9,17,23H,10-14H2,1-3H3. The van der Waals surface area contributed by atoms with E-state index in [9.17, 15) is 4.79 Å². The number of hydrogen-bond acceptors (Lipinski definition) is 3. The quantitative estimate of drug-likeness (QED) is 0.775. The van der Waals surface area contributed by atoms with Crippen LogP contribution < -0.4 is 5.32 Å². The molecule has 1 atom stereocenters. The summed E-state index contributed by atoms with van der Waals surface area (Å²) in [4.78, 5) is 14.4. The highest BCUT2D eigenvalue weighted by atomic mass is 35.5. The highest BCUT2D eigenvalue weighted by Gasteiger charge is 2.24. The fourth-order valence-electron chi connectivity index (χ4n) is 3.64. The number of halogens is 1. The average Bonchev–Trinajstić information content (AvgIpc) is 3.21. The van der Waals surface area contributed by atoms with E-state index in [0.717, 1.165) is 53.6 Å². The first-order valence-electron chi connectivity index (χ1n) is 9.38. The van der Waals surface area contributed by atoms with Gasteiger partial charge < -0.3 is 10.2 Å². The van der Waals surface area contributed by atoms with E-state index >= 15 is 0 Å². The van der Waals surface area contributed by atoms with Gasteiger partial charge in [-0.15, -0.1) is 0 Å². The number of amides is 1. The second-order valence-electron chi connectivity index (χ2n) is 7.16. The third kappa shape index (κ3) is 4.60. The van der Waals surface area contributed by atoms with Gasteiger partial charge in [0.05, 0.1) is 12.2 Å². The summed E-state index contributed by atoms with van der Waals surface area (Å²) in [6.07, 6.45) is 4.64. The van der Waals surface area contributed by atoms with Crippen LogP contribution in [0.5, 0.6) is 0 Å². The second-order valence-corrected chi connectivity index (χ2v) is 7.57. The predicted octanol–water partition coefficient (Wildman–Crippen LogP) is 3.28. The van der Waals surface area contributed by atoms with E-state index in [1.165, 1.54) is 0 Å². The van der Waals surface area contributed by atoms with Gasteiger partial charge in [-0.1, -0.05) is 29.8 Å². The Morgan fingerprint density at radius 3 is 2.89 bits per heavy atom. The fourth-order valence-corrected chi connectivity index (χ4v) is 3.84. The van der Waals surface area contributed by atoms with Crippen LogP contribution in [0.4, 0.5) is 0 Å². The van der Waals surface area contributed by atoms with Crippen LogP contribution >= 0.6 is 11.6 Å². The van der Waals surface area contributed by atoms with Gasteiger partial charge in [0, 0.05) is 35.4 Å². The van der Waals surface area contributed by atoms with E-state index in [1.807, 2.05) is 60.8 Å². The number of nitrogens with one attached hydrogen (secondary N) is 1. The zero-order valence-corrected chi connectivity index (χ0v) is 17.0. The number of aromatic nitrogens is 2. The van der Waals surface area contributed by atoms with Crippen molar-refractivity contribution in [1.29, 1.82) is 0 Å². The maximum Gasteiger partial charge on any atom is 0.246 e. The molecule has 27 heavy (non-hydrogen) atoms. The van der Waals surface area contributed by atoms with Gasteiger partial charge in [-0.3, -0.25) is 9.48 Å². The summed E-state index contributed by atoms with van der Waals surface area (Å²) in [6.45, 7) is 7.23. The summed E-state index contributed by atoms with van der Waals surface area (Å²) >= 11 is 6.27. The Morgan fingerprint density at radius 1 is 1.37 bits per heavy atom. The number of nitrogens with zero attached hydrogens (tertiary/aromatic N) is 3. The molecule has 2 heterocycles. The molecule has 1 fully saturated rings. The van der Waals surface area contributed by atoms with Gasteiger partial charge in [-0.25, -0.2) is 0 Å². The topological polar surface area (TPSA) is 50.2 Å². The van der Waals surface area contributed by atoms with Crippen LogP contribution in [0.15, 0.2) is 30.3 Å². The van der Waals surface area contributed by atoms with Crippen LogP contribution in [0.2, 0.25) is 5.02 Å². The first-order valence-corrected chi connectivity index (χ1v) is 9.76. The molecule has 1 N–H and O–H groups in total. The fraction of sp³-hybridized carbons (Fsp3) is 0.429. The summed E-state index contributed by atoms with van der Waals surface area (Å²) in [5, 5.41) is 8.56. The van der Waals surface area contributed by atoms with Gasteiger partial charge in [-0.2, -0.15) is 5.10 Å². The smallest absolute Gasteiger partial charge is 0.246 e. The Labute approximate surface area is 166 Å². The Kier molecular flexibility index (Phi) is 6.34. The average molecular weight is 387 g/mol. The summed E-state index contributed by atoms with van der Waals surface area (Å²) in [7, 11) is 1.95. The Balaban J connectivity index is 1.70. The number of aryl methyl sites for hydroxylation is 1. The molecular weight excluding hydrogens is 360 g/mol. The zero-order valence-electron chi connectivity index (χ0n) is 16.2. The lowest BCUT2D eigenvalue weighted by atomic mass is 10.1. The van der Waals surface area contributed by atoms with Gasteiger partial charge in [0.1, 0.15) is 0 Å². The van der Waals surface area contributed by atoms with Crippen molar-refractivity contribution in [2.24, 2.45) is 5.92 Å². The van der Waals surface area contributed by atoms with Gasteiger partial charge >= 0.3 is 0 Å². The summed E-state index contributed by atoms with van der Waals surface area (Å²) in [5.74, 6) is 0.625. The maximum atomic E-state index is 12.5. The van der Waals surface area contributed by atoms with Gasteiger partial charge in [0.15, 0.2) is 0 Å². The number of carbonyl (C=O) groups excluding carboxylic acids is 1. The minimum atomic E-state index is 0.0752. The minimum Gasteiger partial charge on any atom is -0.339 e. The van der Waals surface area contributed by atoms with E-state index in [2.05, 4.69) is 10.4 Å². The highest BCUT2D eigenvalue weighted by Crippen LogP contribution is 2.21. The molecule has 1 aromatic heterocycles. The van der Waals surface area contributed by atoms with E-state index in [1.54, 1.807) is 6.08 Å². The number of likely N-dealkylation sites (tertiary alicyclic amines) is 1. The second kappa shape index (κ2) is 8.72. The van der Waals surface area contributed by atoms with Crippen LogP contribution in [0.1, 0.15) is 28.9 Å². The maximum absolute atomic E-state index is 12.5. The Bertz CT molecular complexity index is 843. The molecule has 1 amide bonds. The zero-order chi connectivity index (χ0) is 19.4. The lowest BCUT2D eigenvalue weighted by Crippen LogP contribution is -2.28. The molecule has 2 aromatic rings. The number of benzene rings is 1. The van der Waals surface area contributed by atoms with Crippen LogP contribution in [0.3, 0.4) is 0 Å². The molecule has 0 aliphatic carbocycles. The molecule has 0 saturated carbocycles. The Morgan fingerprint density at radius 2 is 2.15 bits per heavy atom. The van der Waals surface area contributed by atoms with Crippen molar-refractivity contribution < 1.29 is 4.79 Å². The molecule has 1 aliphatic heterocycles. The van der Waals surface area contributed by atoms with Crippen LogP contribution in [-0.4, -0.2) is 47.3 Å². The van der Waals surface area contributed by atoms with E-state index in [4.69, 9.17) is 11.6 Å². The summed E-state index contributed by atoms with van der Waals surface area (Å²) in [6, 6.07) is 7.79. The summed E-state index contributed by atoms with van der Waals surface area (Å²) in [5.41, 5.74) is 3.98. The van der Waals surface area contributed by atoms with Gasteiger partial charge in [0.25, 0.3) is 0 Å². The number of carbonyl (C=O) groups is 1. The molecule has 144 valence electrons. The van der Waals surface area contributed by atoms with Crippen LogP contribution in [0.25, 0.3) is 6.08 Å². The molecule has 1 aliphatic rings. The van der Waals surface area contributed by atoms with E-state index < -0.39 is 0 Å². The SMILES string of the molecule is CNCC1CCN(C(=O)C=Cc2c(C)nn(Cc3ccccc3Cl)c2C)C1. The lowest BCUT2D eigenvalue weighted by molar-refractivity contribution is -0.125. The van der Waals surface area contributed by atoms with Gasteiger partial charge in [0.2, 0.25) is 5.91 Å². The van der Waals surface area contributed by atoms with Crippen molar-refractivity contribution >= 4 is 23.6 Å². The van der Waals surface area contributed by atoms with Crippen molar-refractivity contribution in [1.82, 2.24) is 20.0 Å². The monoisotopic (exact) mass is 386 g/mol. The molecule has 6 heteroatoms. The van der Waals surface area contributed by atoms with E-state index in [0.29, 0.717) is 12.5 Å². The number of hydrogen-bond donors (Lipinski definition) is 1. The summed E-state index contributed by atoms with van der Waals surface area (Å²) < 4.78 is 1.94. The van der Waals surface area contributed by atoms with Crippen molar-refractivity contribution in [3.63, 3.8) is 0 Å². The molecule has 1 unspecified atom stereocenters. The number of rotatable bonds is 6. The van der Waals surface area contributed by atoms with Crippen LogP contribution in [0, 0.1) is 19.8 Å². The first kappa shape index (κ1) is 19.6. The predicted molar refractivity (Wildman–Crippen MR) is 110 cm³/mol. The molecule has 1 aromatic carbocycles. The van der Waals surface area contributed by atoms with E-state index in [-0.39, 0.29) is 5.91 Å². The first-order chi connectivity index (χ1) is 13.0. The third-order valence-electron chi connectivity index (χ3n) is 5.20. The lowest BCUT2D eigenvalue weighted by Gasteiger charge is -2.14. The molecule has 1 saturated heterocycles. The molecule has 0 bridgehead atoms. The van der Waals surface area contributed by atoms with Crippen LogP contribution in [-0.2, 0) is 11.3 Å². The molecular formula is C21H27ClN4O. The molecule has 5 nitrogen and oxygen atoms in total.